The molecule has 1 saturated carbocycles. The van der Waals surface area contributed by atoms with Crippen molar-refractivity contribution >= 4 is 35.5 Å². The maximum Gasteiger partial charge on any atom is 0.331 e. The summed E-state index contributed by atoms with van der Waals surface area (Å²) in [6.45, 7) is 0.243. The highest BCUT2D eigenvalue weighted by molar-refractivity contribution is 6.31. The van der Waals surface area contributed by atoms with Crippen molar-refractivity contribution in [1.29, 1.82) is 0 Å². The molecule has 2 fully saturated rings. The van der Waals surface area contributed by atoms with Crippen LogP contribution in [-0.4, -0.2) is 28.8 Å². The lowest BCUT2D eigenvalue weighted by molar-refractivity contribution is -0.132. The Bertz CT molecular complexity index is 1040. The van der Waals surface area contributed by atoms with Gasteiger partial charge in [0, 0.05) is 22.2 Å². The normalized spacial score (nSPS) is 18.9. The molecular formula is C24H23ClN2O4. The molecule has 160 valence electrons. The molecule has 0 spiro atoms. The minimum Gasteiger partial charge on any atom is -0.488 e. The van der Waals surface area contributed by atoms with Crippen molar-refractivity contribution in [3.8, 4) is 5.75 Å². The fourth-order valence-corrected chi connectivity index (χ4v) is 4.19. The molecule has 0 unspecified atom stereocenters. The number of amides is 4. The highest BCUT2D eigenvalue weighted by Gasteiger charge is 2.40. The number of hydrogen-bond acceptors (Lipinski definition) is 4. The van der Waals surface area contributed by atoms with Gasteiger partial charge in [-0.1, -0.05) is 67.3 Å². The van der Waals surface area contributed by atoms with Gasteiger partial charge in [0.15, 0.2) is 0 Å². The lowest BCUT2D eigenvalue weighted by atomic mass is 9.93. The smallest absolute Gasteiger partial charge is 0.331 e. The summed E-state index contributed by atoms with van der Waals surface area (Å²) in [5.74, 6) is -0.735. The summed E-state index contributed by atoms with van der Waals surface area (Å²) in [6.07, 6.45) is 6.04. The number of carbonyl (C=O) groups is 3. The van der Waals surface area contributed by atoms with Gasteiger partial charge in [-0.05, 0) is 31.1 Å². The van der Waals surface area contributed by atoms with E-state index < -0.39 is 17.8 Å². The summed E-state index contributed by atoms with van der Waals surface area (Å²) >= 11 is 6.20. The third-order valence-electron chi connectivity index (χ3n) is 5.63. The second kappa shape index (κ2) is 9.35. The van der Waals surface area contributed by atoms with E-state index in [4.69, 9.17) is 16.3 Å². The molecule has 1 aliphatic carbocycles. The van der Waals surface area contributed by atoms with Gasteiger partial charge in [0.1, 0.15) is 17.9 Å². The molecule has 1 N–H and O–H groups in total. The molecule has 1 heterocycles. The number of benzene rings is 2. The first kappa shape index (κ1) is 21.1. The number of carbonyl (C=O) groups excluding carboxylic acids is 3. The molecule has 6 nitrogen and oxygen atoms in total. The molecule has 7 heteroatoms. The van der Waals surface area contributed by atoms with Crippen LogP contribution in [0.4, 0.5) is 4.79 Å². The first-order valence-electron chi connectivity index (χ1n) is 10.4. The van der Waals surface area contributed by atoms with E-state index in [1.54, 1.807) is 24.3 Å². The number of nitrogens with zero attached hydrogens (tertiary/aromatic N) is 1. The maximum atomic E-state index is 13.1. The van der Waals surface area contributed by atoms with Gasteiger partial charge >= 0.3 is 6.03 Å². The highest BCUT2D eigenvalue weighted by Crippen LogP contribution is 2.28. The fraction of sp³-hybridized carbons (Fsp3) is 0.292. The van der Waals surface area contributed by atoms with Crippen molar-refractivity contribution in [2.45, 2.75) is 44.8 Å². The van der Waals surface area contributed by atoms with E-state index in [1.807, 2.05) is 24.3 Å². The van der Waals surface area contributed by atoms with E-state index in [9.17, 15) is 14.4 Å². The number of barbiturate groups is 1. The van der Waals surface area contributed by atoms with Gasteiger partial charge in [-0.3, -0.25) is 19.8 Å². The number of nitrogens with one attached hydrogen (secondary N) is 1. The van der Waals surface area contributed by atoms with Gasteiger partial charge in [-0.2, -0.15) is 0 Å². The molecule has 4 rings (SSSR count). The van der Waals surface area contributed by atoms with Crippen molar-refractivity contribution in [2.75, 3.05) is 0 Å². The van der Waals surface area contributed by atoms with Crippen LogP contribution in [0, 0.1) is 0 Å². The number of ether oxygens (including phenoxy) is 1. The van der Waals surface area contributed by atoms with Crippen LogP contribution in [0.1, 0.15) is 43.2 Å². The Balaban J connectivity index is 1.59. The topological polar surface area (TPSA) is 75.7 Å². The summed E-state index contributed by atoms with van der Waals surface area (Å²) in [6, 6.07) is 13.7. The van der Waals surface area contributed by atoms with Crippen LogP contribution in [-0.2, 0) is 16.2 Å². The summed E-state index contributed by atoms with van der Waals surface area (Å²) in [5.41, 5.74) is 1.33. The standard InChI is InChI=1S/C24H23ClN2O4/c25-20-12-6-4-9-17(20)15-31-21-13-7-5-8-16(21)14-19-22(28)26-24(30)27(23(19)29)18-10-2-1-3-11-18/h4-9,12-14,18H,1-3,10-11,15H2,(H,26,28,30). The zero-order valence-electron chi connectivity index (χ0n) is 17.0. The molecular weight excluding hydrogens is 416 g/mol. The van der Waals surface area contributed by atoms with Crippen LogP contribution in [0.2, 0.25) is 5.02 Å². The Hall–Kier alpha value is -3.12. The SMILES string of the molecule is O=C1NC(=O)N(C2CCCCC2)C(=O)C1=Cc1ccccc1OCc1ccccc1Cl. The van der Waals surface area contributed by atoms with E-state index in [-0.39, 0.29) is 18.2 Å². The van der Waals surface area contributed by atoms with E-state index in [0.29, 0.717) is 16.3 Å². The van der Waals surface area contributed by atoms with Gasteiger partial charge in [-0.25, -0.2) is 4.79 Å². The number of rotatable bonds is 5. The first-order chi connectivity index (χ1) is 15.0. The van der Waals surface area contributed by atoms with Crippen LogP contribution in [0.15, 0.2) is 54.1 Å². The zero-order chi connectivity index (χ0) is 21.8. The minimum absolute atomic E-state index is 0.0704. The predicted molar refractivity (Wildman–Crippen MR) is 117 cm³/mol. The summed E-state index contributed by atoms with van der Waals surface area (Å²) in [4.78, 5) is 39.2. The Morgan fingerprint density at radius 1 is 1.00 bits per heavy atom. The van der Waals surface area contributed by atoms with Crippen LogP contribution in [0.25, 0.3) is 6.08 Å². The monoisotopic (exact) mass is 438 g/mol. The van der Waals surface area contributed by atoms with Crippen molar-refractivity contribution < 1.29 is 19.1 Å². The molecule has 0 radical (unpaired) electrons. The van der Waals surface area contributed by atoms with Crippen molar-refractivity contribution in [3.63, 3.8) is 0 Å². The molecule has 4 amide bonds. The largest absolute Gasteiger partial charge is 0.488 e. The van der Waals surface area contributed by atoms with Crippen molar-refractivity contribution in [3.05, 3.63) is 70.3 Å². The third-order valence-corrected chi connectivity index (χ3v) is 6.00. The quantitative estimate of drug-likeness (QED) is 0.541. The van der Waals surface area contributed by atoms with E-state index in [2.05, 4.69) is 5.32 Å². The number of urea groups is 1. The maximum absolute atomic E-state index is 13.1. The fourth-order valence-electron chi connectivity index (χ4n) is 4.00. The molecule has 2 aromatic rings. The van der Waals surface area contributed by atoms with Crippen molar-refractivity contribution in [1.82, 2.24) is 10.2 Å². The average molecular weight is 439 g/mol. The first-order valence-corrected chi connectivity index (χ1v) is 10.8. The Kier molecular flexibility index (Phi) is 6.37. The second-order valence-electron chi connectivity index (χ2n) is 7.70. The van der Waals surface area contributed by atoms with Gasteiger partial charge < -0.3 is 4.74 Å². The molecule has 2 aromatic carbocycles. The minimum atomic E-state index is -0.692. The highest BCUT2D eigenvalue weighted by atomic mass is 35.5. The Labute approximate surface area is 185 Å². The molecule has 0 aromatic heterocycles. The van der Waals surface area contributed by atoms with Gasteiger partial charge in [0.2, 0.25) is 0 Å². The average Bonchev–Trinajstić information content (AvgIpc) is 2.77. The Morgan fingerprint density at radius 3 is 2.48 bits per heavy atom. The summed E-state index contributed by atoms with van der Waals surface area (Å²) in [7, 11) is 0. The zero-order valence-corrected chi connectivity index (χ0v) is 17.7. The molecule has 0 bridgehead atoms. The molecule has 31 heavy (non-hydrogen) atoms. The van der Waals surface area contributed by atoms with Crippen LogP contribution < -0.4 is 10.1 Å². The molecule has 2 aliphatic rings. The van der Waals surface area contributed by atoms with Crippen LogP contribution in [0.3, 0.4) is 0 Å². The lowest BCUT2D eigenvalue weighted by Gasteiger charge is -2.35. The van der Waals surface area contributed by atoms with E-state index in [1.165, 1.54) is 11.0 Å². The number of halogens is 1. The predicted octanol–water partition coefficient (Wildman–Crippen LogP) is 4.71. The number of para-hydroxylation sites is 1. The van der Waals surface area contributed by atoms with Gasteiger partial charge in [0.25, 0.3) is 11.8 Å². The van der Waals surface area contributed by atoms with E-state index in [0.717, 1.165) is 37.7 Å². The van der Waals surface area contributed by atoms with Crippen molar-refractivity contribution in [2.24, 2.45) is 0 Å². The van der Waals surface area contributed by atoms with E-state index >= 15 is 0 Å². The molecule has 1 aliphatic heterocycles. The second-order valence-corrected chi connectivity index (χ2v) is 8.11. The molecule has 1 saturated heterocycles. The molecule has 0 atom stereocenters. The lowest BCUT2D eigenvalue weighted by Crippen LogP contribution is -2.58. The number of imide groups is 2. The van der Waals surface area contributed by atoms with Crippen LogP contribution >= 0.6 is 11.6 Å². The summed E-state index contributed by atoms with van der Waals surface area (Å²) < 4.78 is 5.93. The number of hydrogen-bond donors (Lipinski definition) is 1. The van der Waals surface area contributed by atoms with Crippen LogP contribution in [0.5, 0.6) is 5.75 Å². The van der Waals surface area contributed by atoms with Gasteiger partial charge in [-0.15, -0.1) is 0 Å². The summed E-state index contributed by atoms with van der Waals surface area (Å²) in [5, 5.41) is 2.91. The Morgan fingerprint density at radius 2 is 1.71 bits per heavy atom. The third kappa shape index (κ3) is 4.64. The van der Waals surface area contributed by atoms with Gasteiger partial charge in [0.05, 0.1) is 0 Å².